The number of allylic oxidation sites excluding steroid dienone is 1. The standard InChI is InChI=1S/C24H40N4O2.CH4/c1-3-23(29)19-4-6-20(7-5-19)24(30)27-11-8-21(9-12-27)28-13-10-22(18-28)26-16-14-25(2)15-17-26;/h3,19-22H,1,4-18H2,2H3;1H4. The smallest absolute Gasteiger partial charge is 0.225 e. The fraction of sp³-hybridized carbons (Fsp3) is 0.840. The van der Waals surface area contributed by atoms with Crippen molar-refractivity contribution in [1.82, 2.24) is 19.6 Å². The molecule has 1 aliphatic carbocycles. The van der Waals surface area contributed by atoms with E-state index < -0.39 is 0 Å². The summed E-state index contributed by atoms with van der Waals surface area (Å²) in [6, 6.07) is 1.37. The Kier molecular flexibility index (Phi) is 8.71. The van der Waals surface area contributed by atoms with Crippen LogP contribution in [-0.4, -0.2) is 103 Å². The summed E-state index contributed by atoms with van der Waals surface area (Å²) in [7, 11) is 2.22. The fourth-order valence-electron chi connectivity index (χ4n) is 6.09. The Labute approximate surface area is 189 Å². The maximum Gasteiger partial charge on any atom is 0.225 e. The van der Waals surface area contributed by atoms with Crippen LogP contribution in [0.4, 0.5) is 0 Å². The molecular weight excluding hydrogens is 388 g/mol. The first-order chi connectivity index (χ1) is 14.5. The van der Waals surface area contributed by atoms with Crippen molar-refractivity contribution in [3.63, 3.8) is 0 Å². The lowest BCUT2D eigenvalue weighted by molar-refractivity contribution is -0.139. The first kappa shape index (κ1) is 24.4. The van der Waals surface area contributed by atoms with E-state index in [1.807, 2.05) is 0 Å². The van der Waals surface area contributed by atoms with Crippen molar-refractivity contribution in [2.24, 2.45) is 11.8 Å². The third-order valence-electron chi connectivity index (χ3n) is 8.22. The van der Waals surface area contributed by atoms with Crippen molar-refractivity contribution in [3.05, 3.63) is 12.7 Å². The maximum absolute atomic E-state index is 13.0. The highest BCUT2D eigenvalue weighted by Gasteiger charge is 2.36. The Balaban J connectivity index is 0.00000272. The summed E-state index contributed by atoms with van der Waals surface area (Å²) in [4.78, 5) is 34.8. The van der Waals surface area contributed by atoms with Crippen LogP contribution in [-0.2, 0) is 9.59 Å². The second-order valence-corrected chi connectivity index (χ2v) is 9.99. The van der Waals surface area contributed by atoms with Gasteiger partial charge >= 0.3 is 0 Å². The molecule has 3 heterocycles. The van der Waals surface area contributed by atoms with Crippen molar-refractivity contribution in [2.45, 2.75) is 64.5 Å². The van der Waals surface area contributed by atoms with Crippen molar-refractivity contribution in [2.75, 3.05) is 59.4 Å². The highest BCUT2D eigenvalue weighted by Crippen LogP contribution is 2.32. The molecule has 4 aliphatic rings. The third kappa shape index (κ3) is 5.77. The van der Waals surface area contributed by atoms with Crippen molar-refractivity contribution >= 4 is 11.7 Å². The van der Waals surface area contributed by atoms with Gasteiger partial charge in [-0.1, -0.05) is 14.0 Å². The number of carbonyl (C=O) groups excluding carboxylic acids is 2. The molecule has 4 rings (SSSR count). The van der Waals surface area contributed by atoms with E-state index >= 15 is 0 Å². The zero-order valence-corrected chi connectivity index (χ0v) is 18.8. The zero-order valence-electron chi connectivity index (χ0n) is 18.8. The lowest BCUT2D eigenvalue weighted by Gasteiger charge is -2.40. The lowest BCUT2D eigenvalue weighted by Crippen LogP contribution is -2.51. The van der Waals surface area contributed by atoms with Gasteiger partial charge in [0.2, 0.25) is 5.91 Å². The van der Waals surface area contributed by atoms with Crippen LogP contribution in [0.5, 0.6) is 0 Å². The van der Waals surface area contributed by atoms with E-state index in [1.54, 1.807) is 0 Å². The first-order valence-corrected chi connectivity index (χ1v) is 12.2. The molecule has 1 amide bonds. The maximum atomic E-state index is 13.0. The molecule has 6 nitrogen and oxygen atoms in total. The first-order valence-electron chi connectivity index (χ1n) is 12.2. The van der Waals surface area contributed by atoms with Gasteiger partial charge in [0.25, 0.3) is 0 Å². The molecule has 176 valence electrons. The van der Waals surface area contributed by atoms with Gasteiger partial charge in [-0.2, -0.15) is 0 Å². The molecule has 6 heteroatoms. The number of carbonyl (C=O) groups is 2. The number of piperazine rings is 1. The van der Waals surface area contributed by atoms with Crippen LogP contribution in [0.15, 0.2) is 12.7 Å². The van der Waals surface area contributed by atoms with Crippen LogP contribution in [0.2, 0.25) is 0 Å². The summed E-state index contributed by atoms with van der Waals surface area (Å²) in [5, 5.41) is 0. The van der Waals surface area contributed by atoms with Gasteiger partial charge in [0.15, 0.2) is 5.78 Å². The minimum Gasteiger partial charge on any atom is -0.342 e. The highest BCUT2D eigenvalue weighted by molar-refractivity contribution is 5.91. The molecule has 0 spiro atoms. The summed E-state index contributed by atoms with van der Waals surface area (Å²) < 4.78 is 0. The van der Waals surface area contributed by atoms with E-state index in [-0.39, 0.29) is 25.0 Å². The summed E-state index contributed by atoms with van der Waals surface area (Å²) in [6.07, 6.45) is 8.40. The van der Waals surface area contributed by atoms with E-state index in [0.29, 0.717) is 11.9 Å². The number of likely N-dealkylation sites (tertiary alicyclic amines) is 2. The molecular formula is C25H44N4O2. The molecule has 1 unspecified atom stereocenters. The summed E-state index contributed by atoms with van der Waals surface area (Å²) in [6.45, 7) is 12.7. The van der Waals surface area contributed by atoms with E-state index in [4.69, 9.17) is 0 Å². The Morgan fingerprint density at radius 2 is 1.32 bits per heavy atom. The van der Waals surface area contributed by atoms with Gasteiger partial charge in [-0.15, -0.1) is 0 Å². The number of amides is 1. The number of rotatable bonds is 5. The molecule has 3 aliphatic heterocycles. The minimum absolute atomic E-state index is 0. The quantitative estimate of drug-likeness (QED) is 0.625. The Morgan fingerprint density at radius 1 is 0.742 bits per heavy atom. The molecule has 1 saturated carbocycles. The largest absolute Gasteiger partial charge is 0.342 e. The SMILES string of the molecule is C.C=CC(=O)C1CCC(C(=O)N2CCC(N3CCC(N4CCN(C)CC4)C3)CC2)CC1. The molecule has 0 aromatic rings. The van der Waals surface area contributed by atoms with Crippen molar-refractivity contribution in [1.29, 1.82) is 0 Å². The van der Waals surface area contributed by atoms with Gasteiger partial charge in [0.1, 0.15) is 0 Å². The topological polar surface area (TPSA) is 47.1 Å². The van der Waals surface area contributed by atoms with E-state index in [9.17, 15) is 9.59 Å². The normalized spacial score (nSPS) is 31.9. The predicted octanol–water partition coefficient (Wildman–Crippen LogP) is 2.50. The van der Waals surface area contributed by atoms with Gasteiger partial charge in [-0.3, -0.25) is 19.4 Å². The summed E-state index contributed by atoms with van der Waals surface area (Å²) >= 11 is 0. The molecule has 3 saturated heterocycles. The number of likely N-dealkylation sites (N-methyl/N-ethyl adjacent to an activating group) is 1. The van der Waals surface area contributed by atoms with Gasteiger partial charge < -0.3 is 9.80 Å². The van der Waals surface area contributed by atoms with Gasteiger partial charge in [0.05, 0.1) is 0 Å². The van der Waals surface area contributed by atoms with Gasteiger partial charge in [-0.05, 0) is 58.1 Å². The Hall–Kier alpha value is -1.24. The number of hydrogen-bond acceptors (Lipinski definition) is 5. The molecule has 0 bridgehead atoms. The van der Waals surface area contributed by atoms with Crippen LogP contribution in [0, 0.1) is 11.8 Å². The van der Waals surface area contributed by atoms with Crippen LogP contribution in [0.1, 0.15) is 52.4 Å². The number of ketones is 1. The monoisotopic (exact) mass is 432 g/mol. The Morgan fingerprint density at radius 3 is 1.94 bits per heavy atom. The van der Waals surface area contributed by atoms with Crippen molar-refractivity contribution < 1.29 is 9.59 Å². The molecule has 0 aromatic carbocycles. The third-order valence-corrected chi connectivity index (χ3v) is 8.22. The van der Waals surface area contributed by atoms with Gasteiger partial charge in [0, 0.05) is 76.3 Å². The van der Waals surface area contributed by atoms with E-state index in [0.717, 1.165) is 57.7 Å². The number of nitrogens with zero attached hydrogens (tertiary/aromatic N) is 4. The molecule has 1 atom stereocenters. The van der Waals surface area contributed by atoms with Crippen molar-refractivity contribution in [3.8, 4) is 0 Å². The molecule has 0 aromatic heterocycles. The van der Waals surface area contributed by atoms with Crippen LogP contribution < -0.4 is 0 Å². The summed E-state index contributed by atoms with van der Waals surface area (Å²) in [5.41, 5.74) is 0. The number of hydrogen-bond donors (Lipinski definition) is 0. The molecule has 0 N–H and O–H groups in total. The average Bonchev–Trinajstić information content (AvgIpc) is 3.29. The van der Waals surface area contributed by atoms with Crippen LogP contribution in [0.25, 0.3) is 0 Å². The molecule has 0 radical (unpaired) electrons. The number of piperidine rings is 1. The highest BCUT2D eigenvalue weighted by atomic mass is 16.2. The second kappa shape index (κ2) is 11.1. The molecule has 4 fully saturated rings. The van der Waals surface area contributed by atoms with Gasteiger partial charge in [-0.25, -0.2) is 0 Å². The lowest BCUT2D eigenvalue weighted by atomic mass is 9.79. The van der Waals surface area contributed by atoms with E-state index in [1.165, 1.54) is 51.8 Å². The molecule has 31 heavy (non-hydrogen) atoms. The average molecular weight is 433 g/mol. The zero-order chi connectivity index (χ0) is 21.1. The van der Waals surface area contributed by atoms with E-state index in [2.05, 4.69) is 33.2 Å². The van der Waals surface area contributed by atoms with Crippen LogP contribution >= 0.6 is 0 Å². The Bertz CT molecular complexity index is 615. The fourth-order valence-corrected chi connectivity index (χ4v) is 6.09. The predicted molar refractivity (Wildman–Crippen MR) is 126 cm³/mol. The summed E-state index contributed by atoms with van der Waals surface area (Å²) in [5.74, 6) is 0.724. The minimum atomic E-state index is 0. The van der Waals surface area contributed by atoms with Crippen LogP contribution in [0.3, 0.4) is 0 Å². The second-order valence-electron chi connectivity index (χ2n) is 9.99.